The zero-order valence-corrected chi connectivity index (χ0v) is 13.6. The number of nitrogens with two attached hydrogens (primary N) is 1. The molecule has 1 amide bonds. The number of hydrogen-bond acceptors (Lipinski definition) is 3. The number of nitrogens with one attached hydrogen (secondary N) is 1. The Balaban J connectivity index is 1.66. The predicted octanol–water partition coefficient (Wildman–Crippen LogP) is 2.52. The normalized spacial score (nSPS) is 24.3. The highest BCUT2D eigenvalue weighted by Gasteiger charge is 2.28. The minimum Gasteiger partial charge on any atom is -0.493 e. The number of halogens is 1. The first kappa shape index (κ1) is 14.9. The molecule has 1 aromatic carbocycles. The van der Waals surface area contributed by atoms with Crippen molar-refractivity contribution in [3.05, 3.63) is 27.7 Å². The van der Waals surface area contributed by atoms with Crippen molar-refractivity contribution >= 4 is 21.8 Å². The molecule has 0 saturated heterocycles. The molecule has 2 aliphatic rings. The van der Waals surface area contributed by atoms with Crippen molar-refractivity contribution in [2.24, 2.45) is 11.7 Å². The van der Waals surface area contributed by atoms with Crippen LogP contribution in [0.1, 0.15) is 36.8 Å². The average Bonchev–Trinajstić information content (AvgIpc) is 2.93. The molecule has 1 fully saturated rings. The first-order chi connectivity index (χ1) is 10.1. The fourth-order valence-corrected chi connectivity index (χ4v) is 3.83. The lowest BCUT2D eigenvalue weighted by Gasteiger charge is -2.27. The van der Waals surface area contributed by atoms with Crippen LogP contribution in [0.15, 0.2) is 16.6 Å². The summed E-state index contributed by atoms with van der Waals surface area (Å²) in [6, 6.07) is 4.11. The Morgan fingerprint density at radius 3 is 3.00 bits per heavy atom. The van der Waals surface area contributed by atoms with E-state index in [0.717, 1.165) is 54.5 Å². The molecule has 1 heterocycles. The zero-order valence-electron chi connectivity index (χ0n) is 12.0. The Kier molecular flexibility index (Phi) is 4.50. The molecule has 3 N–H and O–H groups in total. The molecular formula is C16H21BrN2O2. The summed E-state index contributed by atoms with van der Waals surface area (Å²) in [7, 11) is 0. The second-order valence-corrected chi connectivity index (χ2v) is 6.84. The Morgan fingerprint density at radius 2 is 2.19 bits per heavy atom. The number of carbonyl (C=O) groups is 1. The smallest absolute Gasteiger partial charge is 0.224 e. The van der Waals surface area contributed by atoms with Crippen LogP contribution in [0.3, 0.4) is 0 Å². The summed E-state index contributed by atoms with van der Waals surface area (Å²) in [5, 5.41) is 3.04. The molecule has 1 aromatic rings. The largest absolute Gasteiger partial charge is 0.493 e. The molecule has 2 unspecified atom stereocenters. The third kappa shape index (κ3) is 3.24. The SMILES string of the molecule is NC1CCCCC1C(=O)NCc1cc(Br)cc2c1OCC2. The van der Waals surface area contributed by atoms with E-state index in [2.05, 4.69) is 27.3 Å². The van der Waals surface area contributed by atoms with Crippen molar-refractivity contribution in [1.29, 1.82) is 0 Å². The van der Waals surface area contributed by atoms with E-state index < -0.39 is 0 Å². The van der Waals surface area contributed by atoms with Crippen molar-refractivity contribution in [1.82, 2.24) is 5.32 Å². The highest BCUT2D eigenvalue weighted by atomic mass is 79.9. The van der Waals surface area contributed by atoms with Gasteiger partial charge in [-0.15, -0.1) is 0 Å². The van der Waals surface area contributed by atoms with Gasteiger partial charge in [0.05, 0.1) is 12.5 Å². The minimum absolute atomic E-state index is 0.00299. The van der Waals surface area contributed by atoms with Gasteiger partial charge in [-0.05, 0) is 30.5 Å². The van der Waals surface area contributed by atoms with Crippen LogP contribution in [0.5, 0.6) is 5.75 Å². The topological polar surface area (TPSA) is 64.4 Å². The van der Waals surface area contributed by atoms with Crippen molar-refractivity contribution < 1.29 is 9.53 Å². The number of amides is 1. The van der Waals surface area contributed by atoms with Crippen molar-refractivity contribution in [3.8, 4) is 5.75 Å². The van der Waals surface area contributed by atoms with Crippen LogP contribution in [0.4, 0.5) is 0 Å². The van der Waals surface area contributed by atoms with Gasteiger partial charge in [0.25, 0.3) is 0 Å². The highest BCUT2D eigenvalue weighted by Crippen LogP contribution is 2.33. The molecule has 0 radical (unpaired) electrons. The fourth-order valence-electron chi connectivity index (χ4n) is 3.28. The van der Waals surface area contributed by atoms with Gasteiger partial charge in [0.1, 0.15) is 5.75 Å². The van der Waals surface area contributed by atoms with Gasteiger partial charge in [-0.25, -0.2) is 0 Å². The third-order valence-electron chi connectivity index (χ3n) is 4.43. The van der Waals surface area contributed by atoms with E-state index in [-0.39, 0.29) is 17.9 Å². The lowest BCUT2D eigenvalue weighted by Crippen LogP contribution is -2.43. The number of fused-ring (bicyclic) bond motifs is 1. The summed E-state index contributed by atoms with van der Waals surface area (Å²) < 4.78 is 6.72. The van der Waals surface area contributed by atoms with Crippen LogP contribution in [-0.4, -0.2) is 18.6 Å². The van der Waals surface area contributed by atoms with Gasteiger partial charge in [0.2, 0.25) is 5.91 Å². The summed E-state index contributed by atoms with van der Waals surface area (Å²) in [4.78, 5) is 12.3. The van der Waals surface area contributed by atoms with Crippen molar-refractivity contribution in [2.45, 2.75) is 44.7 Å². The van der Waals surface area contributed by atoms with Crippen LogP contribution < -0.4 is 15.8 Å². The van der Waals surface area contributed by atoms with Crippen LogP contribution >= 0.6 is 15.9 Å². The number of benzene rings is 1. The number of hydrogen-bond donors (Lipinski definition) is 2. The molecule has 1 aliphatic heterocycles. The Bertz CT molecular complexity index is 547. The maximum Gasteiger partial charge on any atom is 0.224 e. The van der Waals surface area contributed by atoms with Crippen LogP contribution in [0.25, 0.3) is 0 Å². The van der Waals surface area contributed by atoms with E-state index in [9.17, 15) is 4.79 Å². The van der Waals surface area contributed by atoms with Crippen molar-refractivity contribution in [2.75, 3.05) is 6.61 Å². The summed E-state index contributed by atoms with van der Waals surface area (Å²) in [5.74, 6) is 0.972. The Labute approximate surface area is 133 Å². The quantitative estimate of drug-likeness (QED) is 0.878. The lowest BCUT2D eigenvalue weighted by molar-refractivity contribution is -0.126. The standard InChI is InChI=1S/C16H21BrN2O2/c17-12-7-10-5-6-21-15(10)11(8-12)9-19-16(20)13-3-1-2-4-14(13)18/h7-8,13-14H,1-6,9,18H2,(H,19,20). The van der Waals surface area contributed by atoms with Gasteiger partial charge in [0.15, 0.2) is 0 Å². The minimum atomic E-state index is -0.0418. The lowest BCUT2D eigenvalue weighted by atomic mass is 9.84. The monoisotopic (exact) mass is 352 g/mol. The molecule has 0 aromatic heterocycles. The van der Waals surface area contributed by atoms with Crippen LogP contribution in [-0.2, 0) is 17.8 Å². The second-order valence-electron chi connectivity index (χ2n) is 5.92. The van der Waals surface area contributed by atoms with Gasteiger partial charge < -0.3 is 15.8 Å². The van der Waals surface area contributed by atoms with E-state index in [0.29, 0.717) is 6.54 Å². The predicted molar refractivity (Wildman–Crippen MR) is 85.1 cm³/mol. The molecule has 1 saturated carbocycles. The van der Waals surface area contributed by atoms with E-state index in [1.807, 2.05) is 6.07 Å². The number of rotatable bonds is 3. The molecule has 2 atom stereocenters. The van der Waals surface area contributed by atoms with Gasteiger partial charge >= 0.3 is 0 Å². The maximum atomic E-state index is 12.3. The van der Waals surface area contributed by atoms with E-state index in [1.54, 1.807) is 0 Å². The first-order valence-corrected chi connectivity index (χ1v) is 8.42. The molecule has 21 heavy (non-hydrogen) atoms. The first-order valence-electron chi connectivity index (χ1n) is 7.62. The molecule has 5 heteroatoms. The highest BCUT2D eigenvalue weighted by molar-refractivity contribution is 9.10. The zero-order chi connectivity index (χ0) is 14.8. The summed E-state index contributed by atoms with van der Waals surface area (Å²) in [5.41, 5.74) is 8.32. The molecule has 114 valence electrons. The van der Waals surface area contributed by atoms with E-state index in [4.69, 9.17) is 10.5 Å². The number of carbonyl (C=O) groups excluding carboxylic acids is 1. The molecule has 1 aliphatic carbocycles. The molecule has 0 spiro atoms. The van der Waals surface area contributed by atoms with Crippen molar-refractivity contribution in [3.63, 3.8) is 0 Å². The summed E-state index contributed by atoms with van der Waals surface area (Å²) in [6.45, 7) is 1.23. The second kappa shape index (κ2) is 6.36. The maximum absolute atomic E-state index is 12.3. The third-order valence-corrected chi connectivity index (χ3v) is 4.89. The number of ether oxygens (including phenoxy) is 1. The van der Waals surface area contributed by atoms with Gasteiger partial charge in [0, 0.05) is 29.0 Å². The van der Waals surface area contributed by atoms with E-state index in [1.165, 1.54) is 5.56 Å². The summed E-state index contributed by atoms with van der Waals surface area (Å²) in [6.07, 6.45) is 5.02. The van der Waals surface area contributed by atoms with Gasteiger partial charge in [-0.3, -0.25) is 4.79 Å². The summed E-state index contributed by atoms with van der Waals surface area (Å²) >= 11 is 3.52. The van der Waals surface area contributed by atoms with Crippen LogP contribution in [0, 0.1) is 5.92 Å². The van der Waals surface area contributed by atoms with E-state index >= 15 is 0 Å². The molecular weight excluding hydrogens is 332 g/mol. The average molecular weight is 353 g/mol. The van der Waals surface area contributed by atoms with Gasteiger partial charge in [-0.1, -0.05) is 28.8 Å². The fraction of sp³-hybridized carbons (Fsp3) is 0.562. The Hall–Kier alpha value is -1.07. The molecule has 4 nitrogen and oxygen atoms in total. The molecule has 3 rings (SSSR count). The Morgan fingerprint density at radius 1 is 1.38 bits per heavy atom. The molecule has 0 bridgehead atoms. The van der Waals surface area contributed by atoms with Gasteiger partial charge in [-0.2, -0.15) is 0 Å². The van der Waals surface area contributed by atoms with Crippen LogP contribution in [0.2, 0.25) is 0 Å².